The quantitative estimate of drug-likeness (QED) is 0.166. The van der Waals surface area contributed by atoms with E-state index < -0.39 is 11.3 Å². The van der Waals surface area contributed by atoms with Crippen LogP contribution in [0.3, 0.4) is 0 Å². The molecule has 0 rings (SSSR count). The maximum Gasteiger partial charge on any atom is 0.347 e. The Kier molecular flexibility index (Phi) is 5.22. The molecule has 5 N–H and O–H groups in total. The van der Waals surface area contributed by atoms with Crippen molar-refractivity contribution >= 4 is 24.6 Å². The van der Waals surface area contributed by atoms with Crippen LogP contribution < -0.4 is 22.1 Å². The van der Waals surface area contributed by atoms with Gasteiger partial charge >= 0.3 is 6.03 Å². The number of carbonyl (C=O) groups excluding carboxylic acids is 2. The second kappa shape index (κ2) is 5.67. The smallest absolute Gasteiger partial charge is 0.275 e. The molecule has 0 fully saturated rings. The molecule has 0 aliphatic heterocycles. The minimum Gasteiger partial charge on any atom is -0.275 e. The first-order chi connectivity index (χ1) is 5.61. The summed E-state index contributed by atoms with van der Waals surface area (Å²) in [5, 5.41) is -0.428. The highest BCUT2D eigenvalue weighted by atomic mass is 32.1. The first kappa shape index (κ1) is 11.1. The SMILES string of the molecule is CCC(S)C(=O)NNC(=O)NN. The molecule has 0 bridgehead atoms. The molecule has 0 saturated heterocycles. The van der Waals surface area contributed by atoms with Gasteiger partial charge in [-0.25, -0.2) is 16.1 Å². The van der Waals surface area contributed by atoms with Crippen LogP contribution in [-0.4, -0.2) is 17.2 Å². The van der Waals surface area contributed by atoms with Crippen LogP contribution in [0, 0.1) is 0 Å². The fourth-order valence-corrected chi connectivity index (χ4v) is 0.488. The molecule has 70 valence electrons. The summed E-state index contributed by atoms with van der Waals surface area (Å²) in [6.07, 6.45) is 0.584. The van der Waals surface area contributed by atoms with Crippen LogP contribution in [-0.2, 0) is 4.79 Å². The zero-order valence-electron chi connectivity index (χ0n) is 6.63. The Labute approximate surface area is 75.6 Å². The van der Waals surface area contributed by atoms with Gasteiger partial charge in [-0.2, -0.15) is 12.6 Å². The Bertz CT molecular complexity index is 175. The lowest BCUT2D eigenvalue weighted by molar-refractivity contribution is -0.121. The summed E-state index contributed by atoms with van der Waals surface area (Å²) in [6.45, 7) is 1.81. The van der Waals surface area contributed by atoms with Gasteiger partial charge in [0.1, 0.15) is 0 Å². The van der Waals surface area contributed by atoms with Crippen molar-refractivity contribution < 1.29 is 9.59 Å². The molecule has 6 nitrogen and oxygen atoms in total. The van der Waals surface area contributed by atoms with Crippen LogP contribution >= 0.6 is 12.6 Å². The van der Waals surface area contributed by atoms with Gasteiger partial charge in [-0.3, -0.25) is 15.6 Å². The maximum absolute atomic E-state index is 10.9. The summed E-state index contributed by atoms with van der Waals surface area (Å²) in [6, 6.07) is -0.681. The summed E-state index contributed by atoms with van der Waals surface area (Å²) in [5.41, 5.74) is 5.94. The standard InChI is InChI=1S/C5H12N4O2S/c1-2-3(12)4(10)8-9-5(11)7-6/h3,12H,2,6H2,1H3,(H,8,10)(H2,7,9,11). The van der Waals surface area contributed by atoms with E-state index in [0.29, 0.717) is 6.42 Å². The Morgan fingerprint density at radius 2 is 2.08 bits per heavy atom. The van der Waals surface area contributed by atoms with Crippen LogP contribution in [0.2, 0.25) is 0 Å². The van der Waals surface area contributed by atoms with Crippen LogP contribution in [0.5, 0.6) is 0 Å². The van der Waals surface area contributed by atoms with Crippen molar-refractivity contribution in [3.05, 3.63) is 0 Å². The average Bonchev–Trinajstić information content (AvgIpc) is 2.11. The van der Waals surface area contributed by atoms with Gasteiger partial charge in [-0.1, -0.05) is 6.92 Å². The predicted molar refractivity (Wildman–Crippen MR) is 47.1 cm³/mol. The van der Waals surface area contributed by atoms with Gasteiger partial charge in [0, 0.05) is 0 Å². The molecule has 0 saturated carbocycles. The highest BCUT2D eigenvalue weighted by molar-refractivity contribution is 7.81. The average molecular weight is 192 g/mol. The van der Waals surface area contributed by atoms with Crippen molar-refractivity contribution in [3.8, 4) is 0 Å². The molecule has 0 aromatic heterocycles. The third-order valence-electron chi connectivity index (χ3n) is 1.12. The monoisotopic (exact) mass is 192 g/mol. The van der Waals surface area contributed by atoms with E-state index in [1.54, 1.807) is 12.3 Å². The number of carbonyl (C=O) groups is 2. The Balaban J connectivity index is 3.64. The number of hydrazine groups is 2. The Hall–Kier alpha value is -0.950. The second-order valence-electron chi connectivity index (χ2n) is 2.01. The maximum atomic E-state index is 10.9. The topological polar surface area (TPSA) is 96.2 Å². The number of thiol groups is 1. The molecule has 0 aromatic carbocycles. The van der Waals surface area contributed by atoms with E-state index in [4.69, 9.17) is 5.84 Å². The lowest BCUT2D eigenvalue weighted by atomic mass is 10.3. The number of urea groups is 1. The summed E-state index contributed by atoms with van der Waals surface area (Å²) in [5.74, 6) is 4.36. The largest absolute Gasteiger partial charge is 0.347 e. The van der Waals surface area contributed by atoms with Gasteiger partial charge < -0.3 is 0 Å². The zero-order chi connectivity index (χ0) is 9.56. The van der Waals surface area contributed by atoms with Crippen LogP contribution in [0.1, 0.15) is 13.3 Å². The molecular formula is C5H12N4O2S. The van der Waals surface area contributed by atoms with E-state index in [0.717, 1.165) is 0 Å². The number of hydrogen-bond acceptors (Lipinski definition) is 4. The van der Waals surface area contributed by atoms with E-state index in [-0.39, 0.29) is 5.91 Å². The molecule has 0 heterocycles. The van der Waals surface area contributed by atoms with E-state index in [1.807, 2.05) is 5.43 Å². The van der Waals surface area contributed by atoms with Gasteiger partial charge in [0.2, 0.25) is 0 Å². The lowest BCUT2D eigenvalue weighted by Gasteiger charge is -2.09. The number of amides is 3. The highest BCUT2D eigenvalue weighted by Gasteiger charge is 2.10. The fourth-order valence-electron chi connectivity index (χ4n) is 0.423. The minimum atomic E-state index is -0.681. The molecule has 0 aliphatic rings. The van der Waals surface area contributed by atoms with Crippen molar-refractivity contribution in [1.82, 2.24) is 16.3 Å². The van der Waals surface area contributed by atoms with E-state index in [9.17, 15) is 9.59 Å². The first-order valence-corrected chi connectivity index (χ1v) is 3.88. The van der Waals surface area contributed by atoms with Crippen LogP contribution in [0.25, 0.3) is 0 Å². The molecule has 3 amide bonds. The Morgan fingerprint density at radius 1 is 1.50 bits per heavy atom. The van der Waals surface area contributed by atoms with Gasteiger partial charge in [-0.05, 0) is 6.42 Å². The second-order valence-corrected chi connectivity index (χ2v) is 2.64. The van der Waals surface area contributed by atoms with E-state index >= 15 is 0 Å². The van der Waals surface area contributed by atoms with Crippen molar-refractivity contribution in [3.63, 3.8) is 0 Å². The number of hydrogen-bond donors (Lipinski definition) is 5. The molecule has 0 radical (unpaired) electrons. The normalized spacial score (nSPS) is 11.6. The van der Waals surface area contributed by atoms with Gasteiger partial charge in [0.25, 0.3) is 5.91 Å². The third-order valence-corrected chi connectivity index (χ3v) is 1.72. The molecule has 0 aliphatic carbocycles. The molecule has 7 heteroatoms. The predicted octanol–water partition coefficient (Wildman–Crippen LogP) is -1.10. The summed E-state index contributed by atoms with van der Waals surface area (Å²) in [7, 11) is 0. The van der Waals surface area contributed by atoms with E-state index in [2.05, 4.69) is 18.1 Å². The number of rotatable bonds is 2. The number of nitrogens with one attached hydrogen (secondary N) is 3. The van der Waals surface area contributed by atoms with Crippen LogP contribution in [0.15, 0.2) is 0 Å². The molecule has 1 unspecified atom stereocenters. The Morgan fingerprint density at radius 3 is 2.50 bits per heavy atom. The van der Waals surface area contributed by atoms with Crippen LogP contribution in [0.4, 0.5) is 4.79 Å². The molecule has 0 aromatic rings. The van der Waals surface area contributed by atoms with Gasteiger partial charge in [0.05, 0.1) is 5.25 Å². The molecule has 1 atom stereocenters. The van der Waals surface area contributed by atoms with Crippen molar-refractivity contribution in [2.75, 3.05) is 0 Å². The molecule has 12 heavy (non-hydrogen) atoms. The summed E-state index contributed by atoms with van der Waals surface area (Å²) in [4.78, 5) is 21.4. The summed E-state index contributed by atoms with van der Waals surface area (Å²) < 4.78 is 0. The zero-order valence-corrected chi connectivity index (χ0v) is 7.52. The molecule has 0 spiro atoms. The minimum absolute atomic E-state index is 0.371. The summed E-state index contributed by atoms with van der Waals surface area (Å²) >= 11 is 3.94. The first-order valence-electron chi connectivity index (χ1n) is 3.36. The van der Waals surface area contributed by atoms with Gasteiger partial charge in [0.15, 0.2) is 0 Å². The van der Waals surface area contributed by atoms with Crippen molar-refractivity contribution in [1.29, 1.82) is 0 Å². The third kappa shape index (κ3) is 4.04. The lowest BCUT2D eigenvalue weighted by Crippen LogP contribution is -2.50. The highest BCUT2D eigenvalue weighted by Crippen LogP contribution is 1.98. The molecular weight excluding hydrogens is 180 g/mol. The van der Waals surface area contributed by atoms with Crippen molar-refractivity contribution in [2.24, 2.45) is 5.84 Å². The number of nitrogens with two attached hydrogens (primary N) is 1. The van der Waals surface area contributed by atoms with E-state index in [1.165, 1.54) is 0 Å². The fraction of sp³-hybridized carbons (Fsp3) is 0.600. The van der Waals surface area contributed by atoms with Crippen molar-refractivity contribution in [2.45, 2.75) is 18.6 Å². The van der Waals surface area contributed by atoms with Gasteiger partial charge in [-0.15, -0.1) is 0 Å².